The van der Waals surface area contributed by atoms with Crippen LogP contribution in [0.2, 0.25) is 0 Å². The van der Waals surface area contributed by atoms with Gasteiger partial charge in [0, 0.05) is 10.5 Å². The van der Waals surface area contributed by atoms with Crippen molar-refractivity contribution in [3.8, 4) is 17.2 Å². The molecule has 1 amide bonds. The maximum absolute atomic E-state index is 12.2. The van der Waals surface area contributed by atoms with Crippen LogP contribution in [0.1, 0.15) is 18.1 Å². The van der Waals surface area contributed by atoms with Gasteiger partial charge in [-0.05, 0) is 66.6 Å². The number of ether oxygens (including phenoxy) is 3. The maximum atomic E-state index is 12.2. The van der Waals surface area contributed by atoms with Crippen LogP contribution < -0.4 is 19.6 Å². The Labute approximate surface area is 206 Å². The summed E-state index contributed by atoms with van der Waals surface area (Å²) in [7, 11) is 1.47. The average molecular weight is 523 g/mol. The van der Waals surface area contributed by atoms with Crippen LogP contribution in [0, 0.1) is 0 Å². The number of halogens is 1. The zero-order valence-electron chi connectivity index (χ0n) is 18.6. The molecule has 0 radical (unpaired) electrons. The monoisotopic (exact) mass is 522 g/mol. The first-order valence-corrected chi connectivity index (χ1v) is 11.1. The maximum Gasteiger partial charge on any atom is 0.336 e. The fourth-order valence-electron chi connectivity index (χ4n) is 2.75. The third kappa shape index (κ3) is 7.60. The number of rotatable bonds is 9. The predicted octanol–water partition coefficient (Wildman–Crippen LogP) is 4.99. The molecule has 0 aliphatic heterocycles. The second-order valence-electron chi connectivity index (χ2n) is 7.02. The van der Waals surface area contributed by atoms with Crippen molar-refractivity contribution in [3.05, 3.63) is 94.5 Å². The van der Waals surface area contributed by atoms with E-state index < -0.39 is 18.0 Å². The Morgan fingerprint density at radius 3 is 2.41 bits per heavy atom. The highest BCUT2D eigenvalue weighted by atomic mass is 79.9. The minimum Gasteiger partial charge on any atom is -0.493 e. The smallest absolute Gasteiger partial charge is 0.336 e. The van der Waals surface area contributed by atoms with Crippen LogP contribution in [0.5, 0.6) is 17.2 Å². The van der Waals surface area contributed by atoms with E-state index in [0.29, 0.717) is 17.1 Å². The predicted molar refractivity (Wildman–Crippen MR) is 134 cm³/mol. The number of benzene rings is 3. The Balaban J connectivity index is 1.55. The molecule has 0 heterocycles. The molecule has 3 aromatic rings. The van der Waals surface area contributed by atoms with E-state index in [-0.39, 0.29) is 5.75 Å². The molecule has 0 spiro atoms. The molecule has 0 saturated heterocycles. The lowest BCUT2D eigenvalue weighted by atomic mass is 10.2. The third-order valence-electron chi connectivity index (χ3n) is 4.49. The number of nitrogens with one attached hydrogen (secondary N) is 1. The van der Waals surface area contributed by atoms with Gasteiger partial charge in [0.25, 0.3) is 5.91 Å². The summed E-state index contributed by atoms with van der Waals surface area (Å²) in [6.07, 6.45) is 3.73. The van der Waals surface area contributed by atoms with E-state index in [0.717, 1.165) is 10.0 Å². The zero-order valence-corrected chi connectivity index (χ0v) is 20.2. The fourth-order valence-corrected chi connectivity index (χ4v) is 3.02. The lowest BCUT2D eigenvalue weighted by Crippen LogP contribution is -2.33. The summed E-state index contributed by atoms with van der Waals surface area (Å²) in [6.45, 7) is 1.63. The van der Waals surface area contributed by atoms with Crippen molar-refractivity contribution < 1.29 is 23.8 Å². The number of hydrogen-bond acceptors (Lipinski definition) is 6. The Kier molecular flexibility index (Phi) is 8.99. The summed E-state index contributed by atoms with van der Waals surface area (Å²) in [5, 5.41) is 3.96. The average Bonchev–Trinajstić information content (AvgIpc) is 2.85. The molecule has 0 aromatic heterocycles. The third-order valence-corrected chi connectivity index (χ3v) is 5.02. The molecular weight excluding hydrogens is 500 g/mol. The van der Waals surface area contributed by atoms with Crippen LogP contribution in [0.15, 0.2) is 88.4 Å². The van der Waals surface area contributed by atoms with Crippen molar-refractivity contribution in [2.75, 3.05) is 7.11 Å². The zero-order chi connectivity index (χ0) is 24.3. The molecule has 7 nitrogen and oxygen atoms in total. The molecule has 8 heteroatoms. The molecule has 0 unspecified atom stereocenters. The number of carbonyl (C=O) groups excluding carboxylic acids is 2. The van der Waals surface area contributed by atoms with E-state index in [1.807, 2.05) is 42.5 Å². The van der Waals surface area contributed by atoms with Gasteiger partial charge in [-0.1, -0.05) is 46.3 Å². The highest BCUT2D eigenvalue weighted by molar-refractivity contribution is 9.10. The summed E-state index contributed by atoms with van der Waals surface area (Å²) in [4.78, 5) is 24.4. The summed E-state index contributed by atoms with van der Waals surface area (Å²) in [5.41, 5.74) is 3.96. The van der Waals surface area contributed by atoms with Gasteiger partial charge in [-0.25, -0.2) is 10.2 Å². The first-order chi connectivity index (χ1) is 16.4. The molecule has 0 bridgehead atoms. The first-order valence-electron chi connectivity index (χ1n) is 10.3. The van der Waals surface area contributed by atoms with Crippen LogP contribution in [0.25, 0.3) is 6.08 Å². The molecule has 0 fully saturated rings. The SMILES string of the molecule is COc1cc(/C=N\NC(=O)[C@@H](C)Oc2ccc(Br)cc2)ccc1OC(=O)/C=C/c1ccccc1. The van der Waals surface area contributed by atoms with Crippen LogP contribution in [-0.2, 0) is 9.59 Å². The number of methoxy groups -OCH3 is 1. The summed E-state index contributed by atoms with van der Waals surface area (Å²) < 4.78 is 17.2. The standard InChI is InChI=1S/C26H23BrN2O5/c1-18(33-22-12-10-21(27)11-13-22)26(31)29-28-17-20-8-14-23(24(16-20)32-2)34-25(30)15-9-19-6-4-3-5-7-19/h3-18H,1-2H3,(H,29,31)/b15-9+,28-17-/t18-/m1/s1. The topological polar surface area (TPSA) is 86.2 Å². The molecule has 1 N–H and O–H groups in total. The Morgan fingerprint density at radius 1 is 0.971 bits per heavy atom. The van der Waals surface area contributed by atoms with Crippen molar-refractivity contribution in [1.82, 2.24) is 5.43 Å². The normalized spacial score (nSPS) is 11.9. The van der Waals surface area contributed by atoms with E-state index >= 15 is 0 Å². The van der Waals surface area contributed by atoms with E-state index in [1.165, 1.54) is 19.4 Å². The second kappa shape index (κ2) is 12.4. The molecule has 0 aliphatic carbocycles. The largest absolute Gasteiger partial charge is 0.493 e. The molecule has 1 atom stereocenters. The van der Waals surface area contributed by atoms with Gasteiger partial charge in [0.1, 0.15) is 5.75 Å². The molecule has 0 saturated carbocycles. The van der Waals surface area contributed by atoms with Gasteiger partial charge in [-0.2, -0.15) is 5.10 Å². The summed E-state index contributed by atoms with van der Waals surface area (Å²) in [5.74, 6) is 0.257. The van der Waals surface area contributed by atoms with E-state index in [2.05, 4.69) is 26.5 Å². The van der Waals surface area contributed by atoms with Crippen molar-refractivity contribution >= 4 is 40.1 Å². The quantitative estimate of drug-likeness (QED) is 0.140. The van der Waals surface area contributed by atoms with Crippen LogP contribution in [0.3, 0.4) is 0 Å². The molecule has 0 aliphatic rings. The lowest BCUT2D eigenvalue weighted by molar-refractivity contribution is -0.129. The fraction of sp³-hybridized carbons (Fsp3) is 0.115. The van der Waals surface area contributed by atoms with Crippen LogP contribution in [0.4, 0.5) is 0 Å². The van der Waals surface area contributed by atoms with E-state index in [4.69, 9.17) is 14.2 Å². The second-order valence-corrected chi connectivity index (χ2v) is 7.94. The Hall–Kier alpha value is -3.91. The molecule has 34 heavy (non-hydrogen) atoms. The molecule has 174 valence electrons. The van der Waals surface area contributed by atoms with Gasteiger partial charge in [-0.15, -0.1) is 0 Å². The van der Waals surface area contributed by atoms with Crippen LogP contribution >= 0.6 is 15.9 Å². The number of nitrogens with zero attached hydrogens (tertiary/aromatic N) is 1. The van der Waals surface area contributed by atoms with E-state index in [1.54, 1.807) is 43.3 Å². The van der Waals surface area contributed by atoms with Gasteiger partial charge < -0.3 is 14.2 Å². The highest BCUT2D eigenvalue weighted by Crippen LogP contribution is 2.28. The number of amides is 1. The van der Waals surface area contributed by atoms with Gasteiger partial charge in [0.05, 0.1) is 13.3 Å². The van der Waals surface area contributed by atoms with Crippen molar-refractivity contribution in [3.63, 3.8) is 0 Å². The van der Waals surface area contributed by atoms with Crippen LogP contribution in [-0.4, -0.2) is 31.3 Å². The summed E-state index contributed by atoms with van der Waals surface area (Å²) >= 11 is 3.35. The van der Waals surface area contributed by atoms with Gasteiger partial charge >= 0.3 is 5.97 Å². The van der Waals surface area contributed by atoms with Crippen molar-refractivity contribution in [2.45, 2.75) is 13.0 Å². The minimum atomic E-state index is -0.737. The molecule has 3 aromatic carbocycles. The number of carbonyl (C=O) groups is 2. The summed E-state index contributed by atoms with van der Waals surface area (Å²) in [6, 6.07) is 21.5. The number of hydrogen-bond donors (Lipinski definition) is 1. The van der Waals surface area contributed by atoms with E-state index in [9.17, 15) is 9.59 Å². The first kappa shape index (κ1) is 24.7. The number of hydrazone groups is 1. The number of esters is 1. The Bertz CT molecular complexity index is 1180. The Morgan fingerprint density at radius 2 is 1.71 bits per heavy atom. The van der Waals surface area contributed by atoms with Crippen molar-refractivity contribution in [2.24, 2.45) is 5.10 Å². The minimum absolute atomic E-state index is 0.267. The van der Waals surface area contributed by atoms with Gasteiger partial charge in [0.2, 0.25) is 0 Å². The van der Waals surface area contributed by atoms with Crippen molar-refractivity contribution in [1.29, 1.82) is 0 Å². The molecule has 3 rings (SSSR count). The lowest BCUT2D eigenvalue weighted by Gasteiger charge is -2.12. The molecular formula is C26H23BrN2O5. The van der Waals surface area contributed by atoms with Gasteiger partial charge in [-0.3, -0.25) is 4.79 Å². The highest BCUT2D eigenvalue weighted by Gasteiger charge is 2.14. The van der Waals surface area contributed by atoms with Gasteiger partial charge in [0.15, 0.2) is 17.6 Å².